The van der Waals surface area contributed by atoms with Crippen molar-refractivity contribution >= 4 is 38.8 Å². The molecule has 0 unspecified atom stereocenters. The standard InChI is InChI=1S/C9H8IO3Si/c1-12-8-6(9(11)13-5-14)3-2-4-7(8)10/h2-4H,5H2,1H3. The molecule has 0 N–H and O–H groups in total. The van der Waals surface area contributed by atoms with E-state index in [4.69, 9.17) is 9.47 Å². The maximum absolute atomic E-state index is 11.4. The Balaban J connectivity index is 3.07. The summed E-state index contributed by atoms with van der Waals surface area (Å²) in [5.41, 5.74) is 0.442. The zero-order valence-corrected chi connectivity index (χ0v) is 10.7. The number of hydrogen-bond donors (Lipinski definition) is 0. The molecule has 1 aromatic carbocycles. The monoisotopic (exact) mass is 319 g/mol. The van der Waals surface area contributed by atoms with Crippen LogP contribution in [0.3, 0.4) is 0 Å². The molecule has 0 aliphatic rings. The summed E-state index contributed by atoms with van der Waals surface area (Å²) in [6.07, 6.45) is 0.174. The molecule has 0 saturated carbocycles. The summed E-state index contributed by atoms with van der Waals surface area (Å²) in [4.78, 5) is 11.4. The van der Waals surface area contributed by atoms with Crippen LogP contribution >= 0.6 is 22.6 Å². The van der Waals surface area contributed by atoms with Crippen molar-refractivity contribution < 1.29 is 14.3 Å². The lowest BCUT2D eigenvalue weighted by atomic mass is 10.2. The quantitative estimate of drug-likeness (QED) is 0.482. The highest BCUT2D eigenvalue weighted by Gasteiger charge is 2.14. The van der Waals surface area contributed by atoms with Gasteiger partial charge in [-0.3, -0.25) is 0 Å². The van der Waals surface area contributed by atoms with Gasteiger partial charge < -0.3 is 9.47 Å². The second kappa shape index (κ2) is 5.35. The molecule has 0 atom stereocenters. The Bertz CT molecular complexity index is 341. The molecular weight excluding hydrogens is 311 g/mol. The lowest BCUT2D eigenvalue weighted by Gasteiger charge is -2.08. The molecule has 1 rings (SSSR count). The first-order chi connectivity index (χ1) is 6.70. The van der Waals surface area contributed by atoms with Gasteiger partial charge in [0.2, 0.25) is 0 Å². The molecule has 0 fully saturated rings. The van der Waals surface area contributed by atoms with E-state index < -0.39 is 5.97 Å². The van der Waals surface area contributed by atoms with E-state index in [1.54, 1.807) is 12.1 Å². The van der Waals surface area contributed by atoms with Crippen LogP contribution in [0, 0.1) is 3.57 Å². The molecular formula is C9H8IO3Si. The van der Waals surface area contributed by atoms with Gasteiger partial charge in [-0.15, -0.1) is 0 Å². The molecule has 3 radical (unpaired) electrons. The van der Waals surface area contributed by atoms with Crippen molar-refractivity contribution in [1.29, 1.82) is 0 Å². The highest BCUT2D eigenvalue weighted by atomic mass is 127. The molecule has 14 heavy (non-hydrogen) atoms. The number of methoxy groups -OCH3 is 1. The van der Waals surface area contributed by atoms with Gasteiger partial charge in [0.1, 0.15) is 11.3 Å². The first-order valence-electron chi connectivity index (χ1n) is 3.85. The third-order valence-corrected chi connectivity index (χ3v) is 2.59. The fraction of sp³-hybridized carbons (Fsp3) is 0.222. The zero-order chi connectivity index (χ0) is 10.6. The largest absolute Gasteiger partial charge is 0.495 e. The molecule has 5 heteroatoms. The Kier molecular flexibility index (Phi) is 4.40. The van der Waals surface area contributed by atoms with E-state index in [0.717, 1.165) is 3.57 Å². The van der Waals surface area contributed by atoms with Crippen molar-refractivity contribution in [2.45, 2.75) is 0 Å². The normalized spacial score (nSPS) is 9.64. The molecule has 3 nitrogen and oxygen atoms in total. The van der Waals surface area contributed by atoms with Gasteiger partial charge in [0.05, 0.1) is 27.2 Å². The minimum atomic E-state index is -0.393. The summed E-state index contributed by atoms with van der Waals surface area (Å²) in [5.74, 6) is 0.161. The molecule has 0 bridgehead atoms. The lowest BCUT2D eigenvalue weighted by Crippen LogP contribution is -2.08. The topological polar surface area (TPSA) is 35.5 Å². The van der Waals surface area contributed by atoms with Gasteiger partial charge >= 0.3 is 5.97 Å². The summed E-state index contributed by atoms with van der Waals surface area (Å²) in [7, 11) is 4.60. The number of halogens is 1. The van der Waals surface area contributed by atoms with E-state index in [1.807, 2.05) is 6.07 Å². The van der Waals surface area contributed by atoms with E-state index in [1.165, 1.54) is 7.11 Å². The Morgan fingerprint density at radius 1 is 1.57 bits per heavy atom. The van der Waals surface area contributed by atoms with Crippen molar-refractivity contribution in [2.75, 3.05) is 13.3 Å². The van der Waals surface area contributed by atoms with Gasteiger partial charge in [-0.1, -0.05) is 6.07 Å². The second-order valence-electron chi connectivity index (χ2n) is 2.40. The fourth-order valence-electron chi connectivity index (χ4n) is 1.02. The van der Waals surface area contributed by atoms with Gasteiger partial charge in [0.25, 0.3) is 0 Å². The molecule has 0 aliphatic heterocycles. The number of benzene rings is 1. The number of ether oxygens (including phenoxy) is 2. The number of carbonyl (C=O) groups is 1. The van der Waals surface area contributed by atoms with Gasteiger partial charge in [-0.25, -0.2) is 4.79 Å². The third kappa shape index (κ3) is 2.47. The predicted molar refractivity (Wildman–Crippen MR) is 61.7 cm³/mol. The summed E-state index contributed by atoms with van der Waals surface area (Å²) in [6, 6.07) is 5.32. The van der Waals surface area contributed by atoms with Crippen molar-refractivity contribution in [3.8, 4) is 5.75 Å². The molecule has 0 aromatic heterocycles. The van der Waals surface area contributed by atoms with E-state index in [2.05, 4.69) is 32.8 Å². The summed E-state index contributed by atoms with van der Waals surface area (Å²) >= 11 is 2.10. The molecule has 0 spiro atoms. The summed E-state index contributed by atoms with van der Waals surface area (Å²) in [5, 5.41) is 0. The first kappa shape index (κ1) is 11.5. The molecule has 73 valence electrons. The molecule has 1 aromatic rings. The SMILES string of the molecule is COc1c(I)cccc1C(=O)OC[Si]. The predicted octanol–water partition coefficient (Wildman–Crippen LogP) is 1.58. The van der Waals surface area contributed by atoms with Gasteiger partial charge in [0, 0.05) is 0 Å². The maximum atomic E-state index is 11.4. The average molecular weight is 319 g/mol. The Morgan fingerprint density at radius 3 is 2.86 bits per heavy atom. The number of esters is 1. The van der Waals surface area contributed by atoms with Gasteiger partial charge in [-0.2, -0.15) is 0 Å². The fourth-order valence-corrected chi connectivity index (χ4v) is 1.87. The number of hydrogen-bond acceptors (Lipinski definition) is 3. The minimum Gasteiger partial charge on any atom is -0.495 e. The highest BCUT2D eigenvalue weighted by molar-refractivity contribution is 14.1. The third-order valence-electron chi connectivity index (χ3n) is 1.59. The summed E-state index contributed by atoms with van der Waals surface area (Å²) in [6.45, 7) is 0. The Hall–Kier alpha value is -0.563. The van der Waals surface area contributed by atoms with Crippen molar-refractivity contribution in [3.05, 3.63) is 27.3 Å². The van der Waals surface area contributed by atoms with Crippen LogP contribution in [-0.2, 0) is 4.74 Å². The number of para-hydroxylation sites is 1. The van der Waals surface area contributed by atoms with Crippen molar-refractivity contribution in [1.82, 2.24) is 0 Å². The Morgan fingerprint density at radius 2 is 2.29 bits per heavy atom. The average Bonchev–Trinajstić information content (AvgIpc) is 2.17. The van der Waals surface area contributed by atoms with E-state index >= 15 is 0 Å². The van der Waals surface area contributed by atoms with Crippen LogP contribution in [0.4, 0.5) is 0 Å². The van der Waals surface area contributed by atoms with Crippen LogP contribution in [0.25, 0.3) is 0 Å². The van der Waals surface area contributed by atoms with Crippen molar-refractivity contribution in [3.63, 3.8) is 0 Å². The van der Waals surface area contributed by atoms with Gasteiger partial charge in [-0.05, 0) is 34.7 Å². The highest BCUT2D eigenvalue weighted by Crippen LogP contribution is 2.25. The van der Waals surface area contributed by atoms with Crippen LogP contribution in [0.5, 0.6) is 5.75 Å². The molecule has 0 aliphatic carbocycles. The Labute approximate surface area is 99.3 Å². The first-order valence-corrected chi connectivity index (χ1v) is 5.63. The van der Waals surface area contributed by atoms with Crippen molar-refractivity contribution in [2.24, 2.45) is 0 Å². The van der Waals surface area contributed by atoms with E-state index in [0.29, 0.717) is 11.3 Å². The number of carbonyl (C=O) groups excluding carboxylic acids is 1. The van der Waals surface area contributed by atoms with E-state index in [-0.39, 0.29) is 6.23 Å². The van der Waals surface area contributed by atoms with Crippen LogP contribution in [0.15, 0.2) is 18.2 Å². The molecule has 0 heterocycles. The number of rotatable bonds is 3. The molecule has 0 amide bonds. The zero-order valence-electron chi connectivity index (χ0n) is 7.54. The maximum Gasteiger partial charge on any atom is 0.341 e. The van der Waals surface area contributed by atoms with Crippen LogP contribution in [0.2, 0.25) is 0 Å². The van der Waals surface area contributed by atoms with Crippen LogP contribution in [0.1, 0.15) is 10.4 Å². The van der Waals surface area contributed by atoms with E-state index in [9.17, 15) is 4.79 Å². The lowest BCUT2D eigenvalue weighted by molar-refractivity contribution is 0.0570. The molecule has 0 saturated heterocycles. The minimum absolute atomic E-state index is 0.174. The summed E-state index contributed by atoms with van der Waals surface area (Å²) < 4.78 is 10.8. The van der Waals surface area contributed by atoms with Crippen LogP contribution < -0.4 is 4.74 Å². The van der Waals surface area contributed by atoms with Gasteiger partial charge in [0.15, 0.2) is 0 Å². The van der Waals surface area contributed by atoms with Crippen LogP contribution in [-0.4, -0.2) is 29.6 Å². The second-order valence-corrected chi connectivity index (χ2v) is 3.85. The smallest absolute Gasteiger partial charge is 0.341 e.